The van der Waals surface area contributed by atoms with E-state index < -0.39 is 0 Å². The summed E-state index contributed by atoms with van der Waals surface area (Å²) in [6, 6.07) is 0. The van der Waals surface area contributed by atoms with Crippen molar-refractivity contribution < 1.29 is 52.3 Å². The van der Waals surface area contributed by atoms with E-state index in [-0.39, 0.29) is 18.2 Å². The van der Waals surface area contributed by atoms with Gasteiger partial charge in [0.1, 0.15) is 12.6 Å². The summed E-state index contributed by atoms with van der Waals surface area (Å²) in [6.07, 6.45) is 5.03. The second kappa shape index (κ2) is 50.6. The van der Waals surface area contributed by atoms with Crippen molar-refractivity contribution >= 4 is 18.5 Å². The fourth-order valence-electron chi connectivity index (χ4n) is 3.84. The fourth-order valence-corrected chi connectivity index (χ4v) is 3.84. The molecule has 1 unspecified atom stereocenters. The molecule has 0 aliphatic carbocycles. The largest absolute Gasteiger partial charge is 0.379 e. The van der Waals surface area contributed by atoms with Crippen molar-refractivity contribution in [2.75, 3.05) is 139 Å². The smallest absolute Gasteiger partial charge is 0.225 e. The lowest BCUT2D eigenvalue weighted by atomic mass is 10.00. The molecule has 0 saturated carbocycles. The number of carbonyl (C=O) groups excluding carboxylic acids is 3. The molecule has 0 aromatic rings. The third-order valence-electron chi connectivity index (χ3n) is 6.81. The number of likely N-dealkylation sites (N-methyl/N-ethyl adjacent to an activating group) is 1. The number of hydrogen-bond acceptors (Lipinski definition) is 12. The molecule has 1 saturated heterocycles. The van der Waals surface area contributed by atoms with Crippen LogP contribution in [0.3, 0.4) is 0 Å². The molecule has 0 aromatic carbocycles. The molecular weight excluding hydrogens is 660 g/mol. The number of amides is 1. The Morgan fingerprint density at radius 3 is 1.22 bits per heavy atom. The Hall–Kier alpha value is -1.55. The zero-order valence-electron chi connectivity index (χ0n) is 34.5. The zero-order chi connectivity index (χ0) is 39.2. The van der Waals surface area contributed by atoms with Gasteiger partial charge < -0.3 is 57.3 Å². The lowest BCUT2D eigenvalue weighted by Crippen LogP contribution is -2.34. The minimum Gasteiger partial charge on any atom is -0.379 e. The van der Waals surface area contributed by atoms with Gasteiger partial charge >= 0.3 is 0 Å². The third-order valence-corrected chi connectivity index (χ3v) is 6.81. The number of aldehydes is 2. The van der Waals surface area contributed by atoms with Crippen molar-refractivity contribution in [3.8, 4) is 0 Å². The van der Waals surface area contributed by atoms with Crippen LogP contribution in [0.15, 0.2) is 0 Å². The molecule has 0 spiro atoms. The molecule has 0 radical (unpaired) electrons. The van der Waals surface area contributed by atoms with Gasteiger partial charge in [-0.2, -0.15) is 0 Å². The molecule has 1 heterocycles. The molecule has 0 aromatic heterocycles. The van der Waals surface area contributed by atoms with Crippen LogP contribution >= 0.6 is 0 Å². The maximum Gasteiger partial charge on any atom is 0.225 e. The van der Waals surface area contributed by atoms with E-state index in [2.05, 4.69) is 18.9 Å². The summed E-state index contributed by atoms with van der Waals surface area (Å²) >= 11 is 0. The van der Waals surface area contributed by atoms with Gasteiger partial charge in [-0.05, 0) is 38.9 Å². The van der Waals surface area contributed by atoms with E-state index in [4.69, 9.17) is 37.9 Å². The Bertz CT molecular complexity index is 660. The molecule has 1 atom stereocenters. The van der Waals surface area contributed by atoms with E-state index in [0.29, 0.717) is 119 Å². The summed E-state index contributed by atoms with van der Waals surface area (Å²) in [7, 11) is 3.90. The highest BCUT2D eigenvalue weighted by molar-refractivity contribution is 5.80. The molecule has 1 amide bonds. The summed E-state index contributed by atoms with van der Waals surface area (Å²) in [5.41, 5.74) is 0. The van der Waals surface area contributed by atoms with Gasteiger partial charge in [0.2, 0.25) is 5.91 Å². The van der Waals surface area contributed by atoms with E-state index >= 15 is 0 Å². The Morgan fingerprint density at radius 1 is 0.608 bits per heavy atom. The summed E-state index contributed by atoms with van der Waals surface area (Å²) in [5, 5.41) is 0. The predicted octanol–water partition coefficient (Wildman–Crippen LogP) is 4.82. The van der Waals surface area contributed by atoms with Gasteiger partial charge in [0.15, 0.2) is 0 Å². The van der Waals surface area contributed by atoms with Crippen molar-refractivity contribution in [1.82, 2.24) is 9.80 Å². The maximum atomic E-state index is 11.9. The fraction of sp³-hybridized carbons (Fsp3) is 0.921. The van der Waals surface area contributed by atoms with Gasteiger partial charge in [-0.1, -0.05) is 55.4 Å². The van der Waals surface area contributed by atoms with E-state index in [0.717, 1.165) is 18.5 Å². The lowest BCUT2D eigenvalue weighted by molar-refractivity contribution is -0.135. The molecule has 51 heavy (non-hydrogen) atoms. The zero-order valence-corrected chi connectivity index (χ0v) is 34.5. The first-order valence-corrected chi connectivity index (χ1v) is 19.3. The van der Waals surface area contributed by atoms with Crippen LogP contribution in [0.4, 0.5) is 0 Å². The third kappa shape index (κ3) is 46.4. The topological polar surface area (TPSA) is 132 Å². The van der Waals surface area contributed by atoms with Gasteiger partial charge in [-0.15, -0.1) is 0 Å². The minimum atomic E-state index is -0.300. The van der Waals surface area contributed by atoms with Crippen LogP contribution < -0.4 is 0 Å². The van der Waals surface area contributed by atoms with Gasteiger partial charge in [0, 0.05) is 32.4 Å². The highest BCUT2D eigenvalue weighted by Gasteiger charge is 2.16. The van der Waals surface area contributed by atoms with Crippen LogP contribution in [0.1, 0.15) is 81.1 Å². The quantitative estimate of drug-likeness (QED) is 0.0740. The molecule has 0 bridgehead atoms. The Morgan fingerprint density at radius 2 is 0.922 bits per heavy atom. The standard InChI is InChI=1S/C25H47NO11.C7H15N.3C2H6/c1-24(4-7-28)25(29)26(2)5-9-31-11-13-33-15-17-35-19-21-37-23-22-36-20-18-34-16-14-32-12-10-30-8-3-6-27;1-7-3-5-8(2)6-4-7;3*1-2/h6-7,24H,3-5,8-23H2,1-2H3;7H,3-6H2,1-2H3;3*1-2H3. The number of rotatable bonds is 30. The van der Waals surface area contributed by atoms with E-state index in [1.54, 1.807) is 18.9 Å². The van der Waals surface area contributed by atoms with Crippen LogP contribution in [0.2, 0.25) is 0 Å². The first-order valence-electron chi connectivity index (χ1n) is 19.3. The summed E-state index contributed by atoms with van der Waals surface area (Å²) in [6.45, 7) is 26.7. The van der Waals surface area contributed by atoms with Crippen LogP contribution in [-0.4, -0.2) is 168 Å². The number of nitrogens with zero attached hydrogens (tertiary/aromatic N) is 2. The van der Waals surface area contributed by atoms with Crippen LogP contribution in [-0.2, 0) is 52.3 Å². The van der Waals surface area contributed by atoms with Crippen molar-refractivity contribution in [3.05, 3.63) is 0 Å². The molecule has 1 fully saturated rings. The summed E-state index contributed by atoms with van der Waals surface area (Å²) < 4.78 is 43.1. The van der Waals surface area contributed by atoms with Crippen LogP contribution in [0, 0.1) is 11.8 Å². The predicted molar refractivity (Wildman–Crippen MR) is 205 cm³/mol. The number of likely N-dealkylation sites (tertiary alicyclic amines) is 1. The molecule has 13 nitrogen and oxygen atoms in total. The van der Waals surface area contributed by atoms with Crippen LogP contribution in [0.5, 0.6) is 0 Å². The molecular formula is C38H80N2O11. The lowest BCUT2D eigenvalue weighted by Gasteiger charge is -2.26. The second-order valence-electron chi connectivity index (χ2n) is 10.9. The summed E-state index contributed by atoms with van der Waals surface area (Å²) in [5.74, 6) is 0.618. The van der Waals surface area contributed by atoms with E-state index in [1.165, 1.54) is 25.9 Å². The number of hydrogen-bond donors (Lipinski definition) is 0. The van der Waals surface area contributed by atoms with Gasteiger partial charge in [-0.3, -0.25) is 4.79 Å². The average molecular weight is 741 g/mol. The summed E-state index contributed by atoms with van der Waals surface area (Å²) in [4.78, 5) is 36.5. The Balaban J connectivity index is -0.000000662. The van der Waals surface area contributed by atoms with Crippen molar-refractivity contribution in [2.24, 2.45) is 11.8 Å². The monoisotopic (exact) mass is 741 g/mol. The first kappa shape index (κ1) is 56.2. The van der Waals surface area contributed by atoms with Gasteiger partial charge in [-0.25, -0.2) is 0 Å². The molecule has 1 aliphatic rings. The van der Waals surface area contributed by atoms with Crippen molar-refractivity contribution in [3.63, 3.8) is 0 Å². The molecule has 13 heteroatoms. The van der Waals surface area contributed by atoms with Crippen molar-refractivity contribution in [1.29, 1.82) is 0 Å². The normalized spacial score (nSPS) is 13.1. The van der Waals surface area contributed by atoms with Gasteiger partial charge in [0.05, 0.1) is 106 Å². The number of carbonyl (C=O) groups is 3. The van der Waals surface area contributed by atoms with Crippen molar-refractivity contribution in [2.45, 2.75) is 81.1 Å². The van der Waals surface area contributed by atoms with E-state index in [1.807, 2.05) is 41.5 Å². The Labute approximate surface area is 312 Å². The highest BCUT2D eigenvalue weighted by atomic mass is 16.6. The number of piperidine rings is 1. The maximum absolute atomic E-state index is 11.9. The first-order chi connectivity index (χ1) is 24.9. The highest BCUT2D eigenvalue weighted by Crippen LogP contribution is 2.13. The molecule has 1 rings (SSSR count). The molecule has 308 valence electrons. The Kier molecular flexibility index (Phi) is 55.7. The van der Waals surface area contributed by atoms with E-state index in [9.17, 15) is 14.4 Å². The SMILES string of the molecule is CC.CC.CC.CC(CC=O)C(=O)N(C)CCOCCOCCOCCOCCOCCOCCOCCOCCC=O.CC1CCN(C)CC1. The van der Waals surface area contributed by atoms with Gasteiger partial charge in [0.25, 0.3) is 0 Å². The molecule has 1 aliphatic heterocycles. The molecule has 0 N–H and O–H groups in total. The number of ether oxygens (including phenoxy) is 8. The minimum absolute atomic E-state index is 0.0594. The second-order valence-corrected chi connectivity index (χ2v) is 10.9. The average Bonchev–Trinajstić information content (AvgIpc) is 3.16. The van der Waals surface area contributed by atoms with Crippen LogP contribution in [0.25, 0.3) is 0 Å².